The molecule has 2 heterocycles. The first-order valence-corrected chi connectivity index (χ1v) is 7.80. The fourth-order valence-corrected chi connectivity index (χ4v) is 4.01. The van der Waals surface area contributed by atoms with Gasteiger partial charge in [0.1, 0.15) is 0 Å². The Hall–Kier alpha value is -0.650. The standard InChI is InChI=1S/C14H26N4O/c1-2-17-12-9-15-10-16-14(12)18(8-7-13(17)19)11-5-3-4-6-11/h11-12,14-16H,2-10H2,1H3. The van der Waals surface area contributed by atoms with E-state index in [-0.39, 0.29) is 6.04 Å². The van der Waals surface area contributed by atoms with Crippen molar-refractivity contribution >= 4 is 5.91 Å². The van der Waals surface area contributed by atoms with E-state index in [1.807, 2.05) is 0 Å². The molecule has 2 unspecified atom stereocenters. The molecule has 3 aliphatic rings. The molecule has 3 rings (SSSR count). The van der Waals surface area contributed by atoms with Crippen molar-refractivity contribution in [3.8, 4) is 0 Å². The van der Waals surface area contributed by atoms with E-state index in [1.54, 1.807) is 0 Å². The molecule has 2 saturated heterocycles. The molecule has 0 aromatic carbocycles. The number of likely N-dealkylation sites (N-methyl/N-ethyl adjacent to an activating group) is 1. The van der Waals surface area contributed by atoms with Crippen LogP contribution in [0.4, 0.5) is 0 Å². The highest BCUT2D eigenvalue weighted by molar-refractivity contribution is 5.77. The minimum Gasteiger partial charge on any atom is -0.336 e. The maximum Gasteiger partial charge on any atom is 0.224 e. The highest BCUT2D eigenvalue weighted by Crippen LogP contribution is 2.28. The van der Waals surface area contributed by atoms with Crippen LogP contribution in [-0.2, 0) is 4.79 Å². The molecule has 0 aromatic rings. The summed E-state index contributed by atoms with van der Waals surface area (Å²) in [5.74, 6) is 0.323. The molecule has 0 bridgehead atoms. The van der Waals surface area contributed by atoms with Crippen LogP contribution in [0.3, 0.4) is 0 Å². The van der Waals surface area contributed by atoms with Crippen LogP contribution in [0.2, 0.25) is 0 Å². The Morgan fingerprint density at radius 1 is 1.32 bits per heavy atom. The summed E-state index contributed by atoms with van der Waals surface area (Å²) in [6.07, 6.45) is 6.33. The highest BCUT2D eigenvalue weighted by atomic mass is 16.2. The van der Waals surface area contributed by atoms with Gasteiger partial charge < -0.3 is 10.2 Å². The van der Waals surface area contributed by atoms with Crippen molar-refractivity contribution in [2.45, 2.75) is 57.3 Å². The van der Waals surface area contributed by atoms with E-state index in [0.29, 0.717) is 24.5 Å². The van der Waals surface area contributed by atoms with Gasteiger partial charge in [0.05, 0.1) is 12.2 Å². The molecular formula is C14H26N4O. The number of hydrogen-bond acceptors (Lipinski definition) is 4. The van der Waals surface area contributed by atoms with Gasteiger partial charge in [-0.15, -0.1) is 0 Å². The van der Waals surface area contributed by atoms with Crippen molar-refractivity contribution < 1.29 is 4.79 Å². The van der Waals surface area contributed by atoms with Crippen molar-refractivity contribution in [2.75, 3.05) is 26.3 Å². The molecule has 19 heavy (non-hydrogen) atoms. The molecule has 1 saturated carbocycles. The van der Waals surface area contributed by atoms with Gasteiger partial charge in [0.25, 0.3) is 0 Å². The second kappa shape index (κ2) is 5.77. The van der Waals surface area contributed by atoms with Gasteiger partial charge in [-0.05, 0) is 19.8 Å². The van der Waals surface area contributed by atoms with Crippen LogP contribution in [0.15, 0.2) is 0 Å². The molecule has 2 atom stereocenters. The molecule has 1 amide bonds. The Kier molecular flexibility index (Phi) is 4.05. The molecule has 1 aliphatic carbocycles. The van der Waals surface area contributed by atoms with E-state index >= 15 is 0 Å². The van der Waals surface area contributed by atoms with Gasteiger partial charge in [-0.3, -0.25) is 15.0 Å². The third-order valence-corrected chi connectivity index (χ3v) is 4.95. The molecule has 3 fully saturated rings. The fraction of sp³-hybridized carbons (Fsp3) is 0.929. The summed E-state index contributed by atoms with van der Waals surface area (Å²) in [5, 5.41) is 6.97. The van der Waals surface area contributed by atoms with Crippen LogP contribution in [0, 0.1) is 0 Å². The zero-order valence-electron chi connectivity index (χ0n) is 11.9. The summed E-state index contributed by atoms with van der Waals surface area (Å²) in [7, 11) is 0. The van der Waals surface area contributed by atoms with Gasteiger partial charge in [-0.2, -0.15) is 0 Å². The quantitative estimate of drug-likeness (QED) is 0.756. The van der Waals surface area contributed by atoms with Crippen molar-refractivity contribution in [3.05, 3.63) is 0 Å². The Balaban J connectivity index is 1.82. The van der Waals surface area contributed by atoms with Crippen LogP contribution >= 0.6 is 0 Å². The molecule has 0 radical (unpaired) electrons. The van der Waals surface area contributed by atoms with Gasteiger partial charge in [-0.1, -0.05) is 12.8 Å². The average Bonchev–Trinajstić information content (AvgIpc) is 2.91. The molecule has 2 aliphatic heterocycles. The molecule has 5 nitrogen and oxygen atoms in total. The van der Waals surface area contributed by atoms with Gasteiger partial charge in [0, 0.05) is 38.8 Å². The summed E-state index contributed by atoms with van der Waals surface area (Å²) in [5.41, 5.74) is 0. The average molecular weight is 266 g/mol. The van der Waals surface area contributed by atoms with E-state index < -0.39 is 0 Å². The lowest BCUT2D eigenvalue weighted by atomic mass is 10.1. The predicted octanol–water partition coefficient (Wildman–Crippen LogP) is 0.328. The Bertz CT molecular complexity index is 329. The maximum atomic E-state index is 12.3. The number of carbonyl (C=O) groups is 1. The molecule has 0 spiro atoms. The zero-order valence-corrected chi connectivity index (χ0v) is 11.9. The first kappa shape index (κ1) is 13.3. The second-order valence-corrected chi connectivity index (χ2v) is 5.95. The molecule has 108 valence electrons. The Morgan fingerprint density at radius 2 is 2.11 bits per heavy atom. The number of rotatable bonds is 2. The van der Waals surface area contributed by atoms with Crippen LogP contribution in [0.1, 0.15) is 39.0 Å². The van der Waals surface area contributed by atoms with Crippen molar-refractivity contribution in [2.24, 2.45) is 0 Å². The van der Waals surface area contributed by atoms with Crippen LogP contribution < -0.4 is 10.6 Å². The monoisotopic (exact) mass is 266 g/mol. The minimum atomic E-state index is 0.286. The molecule has 5 heteroatoms. The number of amides is 1. The molecule has 2 N–H and O–H groups in total. The van der Waals surface area contributed by atoms with E-state index in [9.17, 15) is 4.79 Å². The zero-order chi connectivity index (χ0) is 13.2. The number of nitrogens with zero attached hydrogens (tertiary/aromatic N) is 2. The summed E-state index contributed by atoms with van der Waals surface area (Å²) in [6.45, 7) is 5.61. The number of hydrogen-bond donors (Lipinski definition) is 2. The summed E-state index contributed by atoms with van der Waals surface area (Å²) < 4.78 is 0. The predicted molar refractivity (Wildman–Crippen MR) is 74.5 cm³/mol. The van der Waals surface area contributed by atoms with E-state index in [0.717, 1.165) is 26.3 Å². The van der Waals surface area contributed by atoms with Crippen LogP contribution in [0.5, 0.6) is 0 Å². The van der Waals surface area contributed by atoms with Crippen LogP contribution in [-0.4, -0.2) is 60.3 Å². The largest absolute Gasteiger partial charge is 0.336 e. The van der Waals surface area contributed by atoms with E-state index in [4.69, 9.17) is 0 Å². The smallest absolute Gasteiger partial charge is 0.224 e. The Labute approximate surface area is 115 Å². The maximum absolute atomic E-state index is 12.3. The summed E-state index contributed by atoms with van der Waals surface area (Å²) in [6, 6.07) is 0.969. The first-order valence-electron chi connectivity index (χ1n) is 7.80. The SMILES string of the molecule is CCN1C(=O)CCN(C2CCCC2)C2NCNCC21. The fourth-order valence-electron chi connectivity index (χ4n) is 4.01. The lowest BCUT2D eigenvalue weighted by molar-refractivity contribution is -0.133. The number of carbonyl (C=O) groups excluding carboxylic acids is 1. The van der Waals surface area contributed by atoms with E-state index in [2.05, 4.69) is 27.4 Å². The second-order valence-electron chi connectivity index (χ2n) is 5.95. The minimum absolute atomic E-state index is 0.286. The van der Waals surface area contributed by atoms with Gasteiger partial charge in [-0.25, -0.2) is 0 Å². The third kappa shape index (κ3) is 2.51. The topological polar surface area (TPSA) is 47.6 Å². The van der Waals surface area contributed by atoms with Crippen molar-refractivity contribution in [1.29, 1.82) is 0 Å². The van der Waals surface area contributed by atoms with Crippen LogP contribution in [0.25, 0.3) is 0 Å². The molecular weight excluding hydrogens is 240 g/mol. The summed E-state index contributed by atoms with van der Waals surface area (Å²) in [4.78, 5) is 17.0. The van der Waals surface area contributed by atoms with Gasteiger partial charge in [0.2, 0.25) is 5.91 Å². The lowest BCUT2D eigenvalue weighted by Crippen LogP contribution is -2.67. The first-order chi connectivity index (χ1) is 9.31. The summed E-state index contributed by atoms with van der Waals surface area (Å²) >= 11 is 0. The van der Waals surface area contributed by atoms with Gasteiger partial charge >= 0.3 is 0 Å². The third-order valence-electron chi connectivity index (χ3n) is 4.95. The van der Waals surface area contributed by atoms with Crippen molar-refractivity contribution in [1.82, 2.24) is 20.4 Å². The van der Waals surface area contributed by atoms with E-state index in [1.165, 1.54) is 25.7 Å². The number of fused-ring (bicyclic) bond motifs is 1. The van der Waals surface area contributed by atoms with Gasteiger partial charge in [0.15, 0.2) is 0 Å². The van der Waals surface area contributed by atoms with Crippen molar-refractivity contribution in [3.63, 3.8) is 0 Å². The lowest BCUT2D eigenvalue weighted by Gasteiger charge is -2.44. The Morgan fingerprint density at radius 3 is 2.84 bits per heavy atom. The normalized spacial score (nSPS) is 34.4. The molecule has 0 aromatic heterocycles. The highest BCUT2D eigenvalue weighted by Gasteiger charge is 2.41. The number of nitrogens with one attached hydrogen (secondary N) is 2.